The van der Waals surface area contributed by atoms with Gasteiger partial charge in [-0.1, -0.05) is 31.4 Å². The number of rotatable bonds is 4. The number of H-pyrrole nitrogens is 1. The second-order valence-corrected chi connectivity index (χ2v) is 5.44. The highest BCUT2D eigenvalue weighted by Gasteiger charge is 2.12. The monoisotopic (exact) mass is 255 g/mol. The summed E-state index contributed by atoms with van der Waals surface area (Å²) < 4.78 is 0. The van der Waals surface area contributed by atoms with Crippen LogP contribution in [0.4, 0.5) is 5.69 Å². The van der Waals surface area contributed by atoms with Gasteiger partial charge in [0.05, 0.1) is 5.69 Å². The molecule has 100 valence electrons. The van der Waals surface area contributed by atoms with Gasteiger partial charge in [0.2, 0.25) is 0 Å². The Morgan fingerprint density at radius 3 is 2.84 bits per heavy atom. The average Bonchev–Trinajstić information content (AvgIpc) is 3.01. The fraction of sp³-hybridized carbons (Fsp3) is 0.438. The highest BCUT2D eigenvalue weighted by Crippen LogP contribution is 2.25. The number of aromatic amines is 1. The molecule has 0 saturated heterocycles. The van der Waals surface area contributed by atoms with Crippen molar-refractivity contribution in [3.05, 3.63) is 36.5 Å². The van der Waals surface area contributed by atoms with E-state index in [1.807, 2.05) is 6.07 Å². The lowest BCUT2D eigenvalue weighted by Gasteiger charge is -2.22. The Balaban J connectivity index is 1.63. The third-order valence-electron chi connectivity index (χ3n) is 3.99. The van der Waals surface area contributed by atoms with Crippen LogP contribution in [0.1, 0.15) is 32.1 Å². The predicted octanol–water partition coefficient (Wildman–Crippen LogP) is 4.07. The smallest absolute Gasteiger partial charge is 0.0650 e. The van der Waals surface area contributed by atoms with Gasteiger partial charge in [-0.3, -0.25) is 5.10 Å². The maximum Gasteiger partial charge on any atom is 0.0650 e. The number of nitrogens with one attached hydrogen (secondary N) is 2. The van der Waals surface area contributed by atoms with Gasteiger partial charge in [-0.05, 0) is 37.0 Å². The second kappa shape index (κ2) is 5.91. The Labute approximate surface area is 114 Å². The maximum atomic E-state index is 4.00. The second-order valence-electron chi connectivity index (χ2n) is 5.44. The molecule has 0 amide bonds. The first-order valence-electron chi connectivity index (χ1n) is 7.25. The summed E-state index contributed by atoms with van der Waals surface area (Å²) in [6, 6.07) is 10.5. The molecule has 0 aliphatic heterocycles. The van der Waals surface area contributed by atoms with Gasteiger partial charge >= 0.3 is 0 Å². The van der Waals surface area contributed by atoms with Crippen LogP contribution in [0.3, 0.4) is 0 Å². The van der Waals surface area contributed by atoms with Crippen LogP contribution in [0.25, 0.3) is 11.3 Å². The molecular weight excluding hydrogens is 234 g/mol. The molecule has 0 atom stereocenters. The fourth-order valence-electron chi connectivity index (χ4n) is 2.87. The highest BCUT2D eigenvalue weighted by molar-refractivity contribution is 5.64. The molecule has 1 fully saturated rings. The van der Waals surface area contributed by atoms with Crippen LogP contribution in [0.15, 0.2) is 36.5 Å². The van der Waals surface area contributed by atoms with Crippen LogP contribution in [-0.4, -0.2) is 16.7 Å². The first-order valence-corrected chi connectivity index (χ1v) is 7.25. The Hall–Kier alpha value is -1.77. The van der Waals surface area contributed by atoms with E-state index in [-0.39, 0.29) is 0 Å². The van der Waals surface area contributed by atoms with E-state index in [2.05, 4.69) is 39.8 Å². The lowest BCUT2D eigenvalue weighted by molar-refractivity contribution is 0.373. The molecule has 0 spiro atoms. The van der Waals surface area contributed by atoms with Crippen molar-refractivity contribution in [1.29, 1.82) is 0 Å². The third kappa shape index (κ3) is 3.16. The Morgan fingerprint density at radius 1 is 1.16 bits per heavy atom. The van der Waals surface area contributed by atoms with Gasteiger partial charge in [0.25, 0.3) is 0 Å². The van der Waals surface area contributed by atoms with E-state index in [0.29, 0.717) is 0 Å². The molecule has 1 aliphatic rings. The first kappa shape index (κ1) is 12.3. The number of hydrogen-bond acceptors (Lipinski definition) is 2. The third-order valence-corrected chi connectivity index (χ3v) is 3.99. The fourth-order valence-corrected chi connectivity index (χ4v) is 2.87. The van der Waals surface area contributed by atoms with Crippen molar-refractivity contribution < 1.29 is 0 Å². The van der Waals surface area contributed by atoms with E-state index >= 15 is 0 Å². The summed E-state index contributed by atoms with van der Waals surface area (Å²) in [7, 11) is 0. The van der Waals surface area contributed by atoms with E-state index in [4.69, 9.17) is 0 Å². The summed E-state index contributed by atoms with van der Waals surface area (Å²) in [5.74, 6) is 0.851. The molecule has 19 heavy (non-hydrogen) atoms. The number of anilines is 1. The molecule has 3 rings (SSSR count). The van der Waals surface area contributed by atoms with Gasteiger partial charge < -0.3 is 5.32 Å². The zero-order valence-electron chi connectivity index (χ0n) is 11.2. The Morgan fingerprint density at radius 2 is 2.05 bits per heavy atom. The van der Waals surface area contributed by atoms with E-state index < -0.39 is 0 Å². The molecule has 3 nitrogen and oxygen atoms in total. The van der Waals surface area contributed by atoms with Crippen LogP contribution < -0.4 is 5.32 Å². The number of hydrogen-bond donors (Lipinski definition) is 2. The summed E-state index contributed by atoms with van der Waals surface area (Å²) in [5, 5.41) is 10.6. The maximum absolute atomic E-state index is 4.00. The van der Waals surface area contributed by atoms with Crippen LogP contribution in [-0.2, 0) is 0 Å². The van der Waals surface area contributed by atoms with Crippen molar-refractivity contribution in [1.82, 2.24) is 10.2 Å². The van der Waals surface area contributed by atoms with Crippen LogP contribution in [0, 0.1) is 5.92 Å². The molecule has 2 N–H and O–H groups in total. The molecule has 1 aromatic carbocycles. The number of benzene rings is 1. The van der Waals surface area contributed by atoms with Crippen molar-refractivity contribution in [3.8, 4) is 11.3 Å². The van der Waals surface area contributed by atoms with Crippen LogP contribution >= 0.6 is 0 Å². The Kier molecular flexibility index (Phi) is 3.82. The topological polar surface area (TPSA) is 40.7 Å². The van der Waals surface area contributed by atoms with E-state index in [1.54, 1.807) is 6.20 Å². The zero-order valence-corrected chi connectivity index (χ0v) is 11.2. The summed E-state index contributed by atoms with van der Waals surface area (Å²) in [5.41, 5.74) is 3.46. The van der Waals surface area contributed by atoms with Gasteiger partial charge in [0.15, 0.2) is 0 Å². The minimum absolute atomic E-state index is 0.851. The highest BCUT2D eigenvalue weighted by atomic mass is 15.1. The molecule has 0 unspecified atom stereocenters. The largest absolute Gasteiger partial charge is 0.385 e. The van der Waals surface area contributed by atoms with Gasteiger partial charge in [0.1, 0.15) is 0 Å². The minimum atomic E-state index is 0.851. The standard InChI is InChI=1S/C16H21N3/c1-2-5-13(6-3-1)12-17-15-8-4-7-14(11-15)16-9-10-18-19-16/h4,7-11,13,17H,1-3,5-6,12H2,(H,18,19). The average molecular weight is 255 g/mol. The first-order chi connectivity index (χ1) is 9.42. The molecule has 1 saturated carbocycles. The van der Waals surface area contributed by atoms with Crippen molar-refractivity contribution in [2.24, 2.45) is 5.92 Å². The summed E-state index contributed by atoms with van der Waals surface area (Å²) >= 11 is 0. The molecule has 3 heteroatoms. The van der Waals surface area contributed by atoms with E-state index in [9.17, 15) is 0 Å². The van der Waals surface area contributed by atoms with Crippen molar-refractivity contribution in [2.45, 2.75) is 32.1 Å². The summed E-state index contributed by atoms with van der Waals surface area (Å²) in [6.07, 6.45) is 8.78. The lowest BCUT2D eigenvalue weighted by atomic mass is 9.89. The summed E-state index contributed by atoms with van der Waals surface area (Å²) in [6.45, 7) is 1.10. The van der Waals surface area contributed by atoms with Gasteiger partial charge in [-0.2, -0.15) is 5.10 Å². The molecule has 1 heterocycles. The molecule has 2 aromatic rings. The minimum Gasteiger partial charge on any atom is -0.385 e. The van der Waals surface area contributed by atoms with Gasteiger partial charge in [-0.25, -0.2) is 0 Å². The molecule has 0 radical (unpaired) electrons. The molecule has 1 aromatic heterocycles. The quantitative estimate of drug-likeness (QED) is 0.864. The zero-order chi connectivity index (χ0) is 12.9. The van der Waals surface area contributed by atoms with Crippen LogP contribution in [0.5, 0.6) is 0 Å². The van der Waals surface area contributed by atoms with Gasteiger partial charge in [-0.15, -0.1) is 0 Å². The lowest BCUT2D eigenvalue weighted by Crippen LogP contribution is -2.17. The van der Waals surface area contributed by atoms with Crippen molar-refractivity contribution in [3.63, 3.8) is 0 Å². The Bertz CT molecular complexity index is 498. The molecule has 0 bridgehead atoms. The van der Waals surface area contributed by atoms with E-state index in [1.165, 1.54) is 43.4 Å². The van der Waals surface area contributed by atoms with Crippen molar-refractivity contribution in [2.75, 3.05) is 11.9 Å². The van der Waals surface area contributed by atoms with Crippen molar-refractivity contribution >= 4 is 5.69 Å². The molecule has 1 aliphatic carbocycles. The van der Waals surface area contributed by atoms with E-state index in [0.717, 1.165) is 18.2 Å². The number of aromatic nitrogens is 2. The number of nitrogens with zero attached hydrogens (tertiary/aromatic N) is 1. The van der Waals surface area contributed by atoms with Crippen LogP contribution in [0.2, 0.25) is 0 Å². The predicted molar refractivity (Wildman–Crippen MR) is 79.1 cm³/mol. The van der Waals surface area contributed by atoms with Gasteiger partial charge in [0, 0.05) is 24.0 Å². The molecular formula is C16H21N3. The normalized spacial score (nSPS) is 16.4. The SMILES string of the molecule is c1cc(NCC2CCCCC2)cc(-c2ccn[nH]2)c1. The summed E-state index contributed by atoms with van der Waals surface area (Å²) in [4.78, 5) is 0.